The molecule has 2 aromatic carbocycles. The number of rotatable bonds is 7. The fourth-order valence-corrected chi connectivity index (χ4v) is 5.57. The van der Waals surface area contributed by atoms with Crippen molar-refractivity contribution < 1.29 is 4.79 Å². The Hall–Kier alpha value is -2.74. The highest BCUT2D eigenvalue weighted by Gasteiger charge is 2.31. The van der Waals surface area contributed by atoms with Crippen LogP contribution in [0.4, 0.5) is 0 Å². The molecule has 2 unspecified atom stereocenters. The number of nitrogens with zero attached hydrogens (tertiary/aromatic N) is 2. The van der Waals surface area contributed by atoms with Gasteiger partial charge in [0, 0.05) is 73.4 Å². The van der Waals surface area contributed by atoms with Gasteiger partial charge in [0.25, 0.3) is 0 Å². The number of aryl methyl sites for hydroxylation is 1. The third kappa shape index (κ3) is 4.28. The lowest BCUT2D eigenvalue weighted by Crippen LogP contribution is -2.38. The Morgan fingerprint density at radius 2 is 2.12 bits per heavy atom. The first-order chi connectivity index (χ1) is 15.6. The number of hydrogen-bond donors (Lipinski definition) is 3. The third-order valence-electron chi connectivity index (χ3n) is 6.35. The van der Waals surface area contributed by atoms with Crippen molar-refractivity contribution in [2.45, 2.75) is 30.3 Å². The Labute approximate surface area is 192 Å². The maximum absolute atomic E-state index is 11.6. The zero-order chi connectivity index (χ0) is 22.1. The zero-order valence-electron chi connectivity index (χ0n) is 18.5. The number of fused-ring (bicyclic) bond motifs is 2. The van der Waals surface area contributed by atoms with Gasteiger partial charge in [0.05, 0.1) is 6.04 Å². The fourth-order valence-electron chi connectivity index (χ4n) is 4.84. The number of amides is 1. The molecule has 32 heavy (non-hydrogen) atoms. The molecule has 1 aliphatic rings. The molecule has 2 atom stereocenters. The van der Waals surface area contributed by atoms with Gasteiger partial charge in [0.1, 0.15) is 0 Å². The maximum Gasteiger partial charge on any atom is 0.217 e. The lowest BCUT2D eigenvalue weighted by Gasteiger charge is -2.28. The van der Waals surface area contributed by atoms with E-state index in [0.717, 1.165) is 31.6 Å². The molecule has 0 aliphatic carbocycles. The van der Waals surface area contributed by atoms with Gasteiger partial charge in [0.15, 0.2) is 0 Å². The van der Waals surface area contributed by atoms with Crippen molar-refractivity contribution in [1.82, 2.24) is 24.5 Å². The van der Waals surface area contributed by atoms with Crippen LogP contribution < -0.4 is 10.0 Å². The monoisotopic (exact) mass is 447 g/mol. The van der Waals surface area contributed by atoms with E-state index in [0.29, 0.717) is 0 Å². The topological polar surface area (TPSA) is 65.1 Å². The number of nitrogens with one attached hydrogen (secondary N) is 3. The summed E-state index contributed by atoms with van der Waals surface area (Å²) in [6.07, 6.45) is 5.22. The molecule has 1 fully saturated rings. The van der Waals surface area contributed by atoms with Crippen LogP contribution in [0.1, 0.15) is 24.9 Å². The number of likely N-dealkylation sites (tertiary alicyclic amines) is 1. The van der Waals surface area contributed by atoms with E-state index in [4.69, 9.17) is 0 Å². The van der Waals surface area contributed by atoms with E-state index < -0.39 is 0 Å². The Bertz CT molecular complexity index is 1250. The minimum Gasteiger partial charge on any atom is -0.361 e. The summed E-state index contributed by atoms with van der Waals surface area (Å²) in [6, 6.07) is 17.6. The molecule has 0 bridgehead atoms. The minimum atomic E-state index is 0.0481. The van der Waals surface area contributed by atoms with Gasteiger partial charge in [-0.2, -0.15) is 0 Å². The predicted octanol–water partition coefficient (Wildman–Crippen LogP) is 4.21. The Morgan fingerprint density at radius 1 is 1.25 bits per heavy atom. The molecule has 3 N–H and O–H groups in total. The number of hydrogen-bond acceptors (Lipinski definition) is 4. The minimum absolute atomic E-state index is 0.0481. The van der Waals surface area contributed by atoms with Crippen molar-refractivity contribution in [1.29, 1.82) is 0 Å². The molecule has 1 amide bonds. The summed E-state index contributed by atoms with van der Waals surface area (Å²) < 4.78 is 5.84. The maximum atomic E-state index is 11.6. The van der Waals surface area contributed by atoms with Gasteiger partial charge >= 0.3 is 0 Å². The molecule has 6 nitrogen and oxygen atoms in total. The SMILES string of the molecule is CC(=O)NC1CCN(C(CNSc2ccc3cc[nH]c3c2)c2cn(C)c3ccccc23)C1. The number of H-pyrrole nitrogens is 1. The molecule has 0 radical (unpaired) electrons. The van der Waals surface area contributed by atoms with Crippen molar-refractivity contribution >= 4 is 39.7 Å². The van der Waals surface area contributed by atoms with Crippen molar-refractivity contribution in [3.63, 3.8) is 0 Å². The van der Waals surface area contributed by atoms with Gasteiger partial charge in [0.2, 0.25) is 5.91 Å². The summed E-state index contributed by atoms with van der Waals surface area (Å²) in [5, 5.41) is 5.62. The second kappa shape index (κ2) is 9.02. The molecular formula is C25H29N5OS. The first-order valence-corrected chi connectivity index (χ1v) is 11.9. The summed E-state index contributed by atoms with van der Waals surface area (Å²) in [7, 11) is 2.11. The van der Waals surface area contributed by atoms with Crippen LogP contribution in [-0.2, 0) is 11.8 Å². The number of aromatic amines is 1. The van der Waals surface area contributed by atoms with E-state index in [2.05, 4.69) is 86.3 Å². The fraction of sp³-hybridized carbons (Fsp3) is 0.320. The second-order valence-electron chi connectivity index (χ2n) is 8.59. The van der Waals surface area contributed by atoms with Crippen LogP contribution in [0.15, 0.2) is 65.8 Å². The average Bonchev–Trinajstić information content (AvgIpc) is 3.50. The summed E-state index contributed by atoms with van der Waals surface area (Å²) in [6.45, 7) is 4.26. The van der Waals surface area contributed by atoms with E-state index in [1.807, 2.05) is 6.20 Å². The molecule has 4 aromatic rings. The van der Waals surface area contributed by atoms with Crippen LogP contribution in [0.25, 0.3) is 21.8 Å². The Morgan fingerprint density at radius 3 is 3.00 bits per heavy atom. The van der Waals surface area contributed by atoms with E-state index >= 15 is 0 Å². The van der Waals surface area contributed by atoms with Crippen molar-refractivity contribution in [2.75, 3.05) is 19.6 Å². The van der Waals surface area contributed by atoms with E-state index in [-0.39, 0.29) is 18.0 Å². The lowest BCUT2D eigenvalue weighted by atomic mass is 10.0. The average molecular weight is 448 g/mol. The highest BCUT2D eigenvalue weighted by atomic mass is 32.2. The normalized spacial score (nSPS) is 17.9. The van der Waals surface area contributed by atoms with E-state index in [9.17, 15) is 4.79 Å². The Balaban J connectivity index is 1.37. The lowest BCUT2D eigenvalue weighted by molar-refractivity contribution is -0.119. The number of benzene rings is 2. The summed E-state index contributed by atoms with van der Waals surface area (Å²) in [5.41, 5.74) is 3.73. The highest BCUT2D eigenvalue weighted by molar-refractivity contribution is 7.97. The first-order valence-electron chi connectivity index (χ1n) is 11.1. The van der Waals surface area contributed by atoms with Gasteiger partial charge in [-0.15, -0.1) is 0 Å². The highest BCUT2D eigenvalue weighted by Crippen LogP contribution is 2.32. The largest absolute Gasteiger partial charge is 0.361 e. The van der Waals surface area contributed by atoms with Crippen LogP contribution in [0.2, 0.25) is 0 Å². The van der Waals surface area contributed by atoms with Crippen LogP contribution in [0.5, 0.6) is 0 Å². The quantitative estimate of drug-likeness (QED) is 0.372. The predicted molar refractivity (Wildman–Crippen MR) is 132 cm³/mol. The van der Waals surface area contributed by atoms with E-state index in [1.54, 1.807) is 18.9 Å². The number of carbonyl (C=O) groups excluding carboxylic acids is 1. The van der Waals surface area contributed by atoms with E-state index in [1.165, 1.54) is 26.7 Å². The molecule has 0 spiro atoms. The van der Waals surface area contributed by atoms with Crippen LogP contribution in [0, 0.1) is 0 Å². The molecule has 1 saturated heterocycles. The molecule has 0 saturated carbocycles. The molecule has 7 heteroatoms. The van der Waals surface area contributed by atoms with Crippen molar-refractivity contribution in [3.8, 4) is 0 Å². The summed E-state index contributed by atoms with van der Waals surface area (Å²) >= 11 is 1.67. The Kier molecular flexibility index (Phi) is 5.95. The standard InChI is InChI=1S/C25H29N5OS/c1-17(31)28-19-10-12-30(15-19)25(22-16-29(2)24-6-4-3-5-21(22)24)14-27-32-20-8-7-18-9-11-26-23(18)13-20/h3-9,11,13,16,19,25-27H,10,12,14-15H2,1-2H3,(H,28,31). The first kappa shape index (κ1) is 21.1. The third-order valence-corrected chi connectivity index (χ3v) is 7.15. The van der Waals surface area contributed by atoms with Gasteiger partial charge in [-0.3, -0.25) is 14.4 Å². The molecule has 166 valence electrons. The van der Waals surface area contributed by atoms with Crippen molar-refractivity contribution in [3.05, 3.63) is 66.5 Å². The van der Waals surface area contributed by atoms with Crippen LogP contribution >= 0.6 is 11.9 Å². The number of carbonyl (C=O) groups is 1. The van der Waals surface area contributed by atoms with Crippen LogP contribution in [-0.4, -0.2) is 46.0 Å². The summed E-state index contributed by atoms with van der Waals surface area (Å²) in [5.74, 6) is 0.0481. The molecule has 2 aromatic heterocycles. The zero-order valence-corrected chi connectivity index (χ0v) is 19.3. The van der Waals surface area contributed by atoms with Crippen LogP contribution in [0.3, 0.4) is 0 Å². The van der Waals surface area contributed by atoms with Gasteiger partial charge in [-0.1, -0.05) is 24.3 Å². The van der Waals surface area contributed by atoms with Gasteiger partial charge < -0.3 is 14.9 Å². The molecule has 3 heterocycles. The smallest absolute Gasteiger partial charge is 0.217 e. The summed E-state index contributed by atoms with van der Waals surface area (Å²) in [4.78, 5) is 18.6. The second-order valence-corrected chi connectivity index (χ2v) is 9.55. The van der Waals surface area contributed by atoms with Crippen molar-refractivity contribution in [2.24, 2.45) is 7.05 Å². The van der Waals surface area contributed by atoms with Gasteiger partial charge in [-0.25, -0.2) is 0 Å². The van der Waals surface area contributed by atoms with Gasteiger partial charge in [-0.05, 0) is 53.6 Å². The molecule has 1 aliphatic heterocycles. The number of para-hydroxylation sites is 1. The molecule has 5 rings (SSSR count). The number of aromatic nitrogens is 2. The molecular weight excluding hydrogens is 418 g/mol.